The van der Waals surface area contributed by atoms with Gasteiger partial charge in [-0.2, -0.15) is 5.10 Å². The molecule has 2 aliphatic heterocycles. The van der Waals surface area contributed by atoms with Gasteiger partial charge in [-0.1, -0.05) is 59.8 Å². The van der Waals surface area contributed by atoms with Gasteiger partial charge in [-0.05, 0) is 48.9 Å². The molecule has 0 radical (unpaired) electrons. The SMILES string of the molecule is COc1ccc2cc(C3=NNC4(S3)C(=O)N(CC=C(C)C)c3ccccc34)ccc2c1. The van der Waals surface area contributed by atoms with Crippen LogP contribution >= 0.6 is 11.8 Å². The minimum Gasteiger partial charge on any atom is -0.497 e. The Labute approximate surface area is 185 Å². The number of anilines is 1. The highest BCUT2D eigenvalue weighted by atomic mass is 32.2. The number of fused-ring (bicyclic) bond motifs is 3. The maximum atomic E-state index is 13.6. The van der Waals surface area contributed by atoms with Gasteiger partial charge in [0.1, 0.15) is 10.8 Å². The zero-order valence-corrected chi connectivity index (χ0v) is 18.5. The van der Waals surface area contributed by atoms with Gasteiger partial charge in [0.05, 0.1) is 12.8 Å². The van der Waals surface area contributed by atoms with E-state index in [1.54, 1.807) is 7.11 Å². The molecule has 0 aliphatic carbocycles. The smallest absolute Gasteiger partial charge is 0.270 e. The van der Waals surface area contributed by atoms with Crippen molar-refractivity contribution in [2.45, 2.75) is 18.7 Å². The van der Waals surface area contributed by atoms with E-state index in [-0.39, 0.29) is 5.91 Å². The zero-order valence-electron chi connectivity index (χ0n) is 17.7. The van der Waals surface area contributed by atoms with Gasteiger partial charge in [0.2, 0.25) is 4.87 Å². The highest BCUT2D eigenvalue weighted by Crippen LogP contribution is 2.50. The van der Waals surface area contributed by atoms with Crippen LogP contribution in [0.15, 0.2) is 77.4 Å². The van der Waals surface area contributed by atoms with Crippen molar-refractivity contribution in [2.75, 3.05) is 18.6 Å². The molecule has 31 heavy (non-hydrogen) atoms. The zero-order chi connectivity index (χ0) is 21.6. The van der Waals surface area contributed by atoms with Crippen LogP contribution in [0.1, 0.15) is 25.0 Å². The maximum Gasteiger partial charge on any atom is 0.270 e. The van der Waals surface area contributed by atoms with Gasteiger partial charge >= 0.3 is 0 Å². The molecule has 1 amide bonds. The van der Waals surface area contributed by atoms with E-state index >= 15 is 0 Å². The highest BCUT2D eigenvalue weighted by molar-refractivity contribution is 8.16. The van der Waals surface area contributed by atoms with Gasteiger partial charge in [0.15, 0.2) is 0 Å². The van der Waals surface area contributed by atoms with Crippen molar-refractivity contribution in [3.05, 3.63) is 83.4 Å². The Bertz CT molecular complexity index is 1260. The summed E-state index contributed by atoms with van der Waals surface area (Å²) in [5.74, 6) is 0.846. The number of nitrogens with one attached hydrogen (secondary N) is 1. The van der Waals surface area contributed by atoms with Crippen LogP contribution in [0.3, 0.4) is 0 Å². The molecule has 5 nitrogen and oxygen atoms in total. The third kappa shape index (κ3) is 3.18. The number of thioether (sulfide) groups is 1. The average Bonchev–Trinajstić information content (AvgIpc) is 3.33. The van der Waals surface area contributed by atoms with E-state index in [2.05, 4.69) is 28.7 Å². The third-order valence-electron chi connectivity index (χ3n) is 5.66. The Hall–Kier alpha value is -3.25. The second kappa shape index (κ2) is 7.46. The summed E-state index contributed by atoms with van der Waals surface area (Å²) in [4.78, 5) is 14.5. The van der Waals surface area contributed by atoms with Crippen molar-refractivity contribution in [1.29, 1.82) is 0 Å². The molecule has 0 saturated carbocycles. The fourth-order valence-corrected chi connectivity index (χ4v) is 5.21. The van der Waals surface area contributed by atoms with Gasteiger partial charge in [-0.25, -0.2) is 0 Å². The van der Waals surface area contributed by atoms with Crippen LogP contribution in [0.5, 0.6) is 5.75 Å². The average molecular weight is 430 g/mol. The number of benzene rings is 3. The van der Waals surface area contributed by atoms with Crippen LogP contribution < -0.4 is 15.1 Å². The molecule has 1 N–H and O–H groups in total. The summed E-state index contributed by atoms with van der Waals surface area (Å²) in [5.41, 5.74) is 7.25. The molecule has 1 unspecified atom stereocenters. The first-order chi connectivity index (χ1) is 15.0. The normalized spacial score (nSPS) is 19.4. The van der Waals surface area contributed by atoms with E-state index in [9.17, 15) is 4.79 Å². The van der Waals surface area contributed by atoms with Gasteiger partial charge in [-0.3, -0.25) is 10.2 Å². The standard InChI is InChI=1S/C25H23N3O2S/c1-16(2)12-13-28-22-7-5-4-6-21(22)25(24(28)29)27-26-23(31-25)19-9-8-18-15-20(30-3)11-10-17(18)14-19/h4-12,14-15,27H,13H2,1-3H3. The fraction of sp³-hybridized carbons (Fsp3) is 0.200. The first-order valence-corrected chi connectivity index (χ1v) is 11.0. The van der Waals surface area contributed by atoms with Crippen molar-refractivity contribution in [3.8, 4) is 5.75 Å². The molecule has 5 rings (SSSR count). The molecule has 2 aliphatic rings. The number of allylic oxidation sites excluding steroid dienone is 1. The van der Waals surface area contributed by atoms with E-state index < -0.39 is 4.87 Å². The highest BCUT2D eigenvalue weighted by Gasteiger charge is 2.55. The van der Waals surface area contributed by atoms with E-state index in [1.165, 1.54) is 17.3 Å². The molecule has 0 bridgehead atoms. The van der Waals surface area contributed by atoms with Crippen molar-refractivity contribution in [1.82, 2.24) is 5.43 Å². The molecular weight excluding hydrogens is 406 g/mol. The van der Waals surface area contributed by atoms with E-state index in [0.29, 0.717) is 6.54 Å². The number of carbonyl (C=O) groups is 1. The largest absolute Gasteiger partial charge is 0.497 e. The Morgan fingerprint density at radius 1 is 1.13 bits per heavy atom. The van der Waals surface area contributed by atoms with Crippen LogP contribution in [0.25, 0.3) is 10.8 Å². The van der Waals surface area contributed by atoms with Crippen molar-refractivity contribution in [2.24, 2.45) is 5.10 Å². The maximum absolute atomic E-state index is 13.6. The summed E-state index contributed by atoms with van der Waals surface area (Å²) in [7, 11) is 1.67. The van der Waals surface area contributed by atoms with Gasteiger partial charge < -0.3 is 9.64 Å². The Morgan fingerprint density at radius 2 is 1.90 bits per heavy atom. The van der Waals surface area contributed by atoms with Gasteiger partial charge in [0.25, 0.3) is 5.91 Å². The van der Waals surface area contributed by atoms with E-state index in [4.69, 9.17) is 4.74 Å². The molecule has 3 aromatic carbocycles. The summed E-state index contributed by atoms with van der Waals surface area (Å²) in [5, 5.41) is 7.62. The van der Waals surface area contributed by atoms with Crippen molar-refractivity contribution < 1.29 is 9.53 Å². The van der Waals surface area contributed by atoms with Crippen molar-refractivity contribution >= 4 is 39.2 Å². The first-order valence-electron chi connectivity index (χ1n) is 10.2. The number of para-hydroxylation sites is 1. The molecule has 156 valence electrons. The molecule has 6 heteroatoms. The Morgan fingerprint density at radius 3 is 2.71 bits per heavy atom. The topological polar surface area (TPSA) is 53.9 Å². The molecule has 0 fully saturated rings. The molecule has 2 heterocycles. The first kappa shape index (κ1) is 19.7. The minimum atomic E-state index is -0.920. The number of hydrogen-bond donors (Lipinski definition) is 1. The predicted molar refractivity (Wildman–Crippen MR) is 128 cm³/mol. The summed E-state index contributed by atoms with van der Waals surface area (Å²) in [6.45, 7) is 4.64. The number of carbonyl (C=O) groups excluding carboxylic acids is 1. The number of amides is 1. The molecule has 1 spiro atoms. The molecule has 1 atom stereocenters. The lowest BCUT2D eigenvalue weighted by Gasteiger charge is -2.22. The second-order valence-electron chi connectivity index (χ2n) is 7.95. The fourth-order valence-electron chi connectivity index (χ4n) is 4.01. The number of nitrogens with zero attached hydrogens (tertiary/aromatic N) is 2. The third-order valence-corrected chi connectivity index (χ3v) is 6.97. The minimum absolute atomic E-state index is 0.0143. The summed E-state index contributed by atoms with van der Waals surface area (Å²) >= 11 is 1.48. The number of ether oxygens (including phenoxy) is 1. The Balaban J connectivity index is 1.49. The summed E-state index contributed by atoms with van der Waals surface area (Å²) < 4.78 is 5.32. The Kier molecular flexibility index (Phi) is 4.74. The molecule has 3 aromatic rings. The van der Waals surface area contributed by atoms with Crippen LogP contribution in [0.2, 0.25) is 0 Å². The molecule has 0 saturated heterocycles. The summed E-state index contributed by atoms with van der Waals surface area (Å²) in [6.07, 6.45) is 2.08. The second-order valence-corrected chi connectivity index (χ2v) is 9.16. The number of hydrogen-bond acceptors (Lipinski definition) is 5. The van der Waals surface area contributed by atoms with Crippen molar-refractivity contribution in [3.63, 3.8) is 0 Å². The lowest BCUT2D eigenvalue weighted by molar-refractivity contribution is -0.120. The number of rotatable bonds is 4. The lowest BCUT2D eigenvalue weighted by Crippen LogP contribution is -2.44. The lowest BCUT2D eigenvalue weighted by atomic mass is 10.1. The van der Waals surface area contributed by atoms with E-state index in [1.807, 2.05) is 67.3 Å². The number of hydrazone groups is 1. The predicted octanol–water partition coefficient (Wildman–Crippen LogP) is 5.01. The van der Waals surface area contributed by atoms with Crippen LogP contribution in [-0.4, -0.2) is 24.6 Å². The van der Waals surface area contributed by atoms with E-state index in [0.717, 1.165) is 38.4 Å². The van der Waals surface area contributed by atoms with Crippen LogP contribution in [0, 0.1) is 0 Å². The number of methoxy groups -OCH3 is 1. The molecule has 0 aromatic heterocycles. The van der Waals surface area contributed by atoms with Gasteiger partial charge in [-0.15, -0.1) is 0 Å². The van der Waals surface area contributed by atoms with Crippen LogP contribution in [-0.2, 0) is 9.67 Å². The monoisotopic (exact) mass is 429 g/mol. The summed E-state index contributed by atoms with van der Waals surface area (Å²) in [6, 6.07) is 20.2. The van der Waals surface area contributed by atoms with Gasteiger partial charge in [0, 0.05) is 17.7 Å². The quantitative estimate of drug-likeness (QED) is 0.592. The van der Waals surface area contributed by atoms with Crippen LogP contribution in [0.4, 0.5) is 5.69 Å². The molecular formula is C25H23N3O2S.